The van der Waals surface area contributed by atoms with Gasteiger partial charge in [-0.15, -0.1) is 0 Å². The van der Waals surface area contributed by atoms with E-state index in [2.05, 4.69) is 6.92 Å². The molecule has 1 aliphatic rings. The van der Waals surface area contributed by atoms with Crippen molar-refractivity contribution in [2.75, 3.05) is 5.75 Å². The first-order valence-electron chi connectivity index (χ1n) is 5.64. The van der Waals surface area contributed by atoms with E-state index in [1.54, 1.807) is 0 Å². The molecule has 1 fully saturated rings. The van der Waals surface area contributed by atoms with Crippen LogP contribution >= 0.6 is 11.8 Å². The molecule has 1 nitrogen and oxygen atoms in total. The van der Waals surface area contributed by atoms with Gasteiger partial charge in [0.1, 0.15) is 0 Å². The molecule has 78 valence electrons. The number of aliphatic hydroxyl groups excluding tert-OH is 1. The quantitative estimate of drug-likeness (QED) is 0.691. The van der Waals surface area contributed by atoms with Gasteiger partial charge in [-0.25, -0.2) is 0 Å². The maximum Gasteiger partial charge on any atom is 0.0658 e. The molecule has 1 rings (SSSR count). The molecular formula is C11H22OS. The van der Waals surface area contributed by atoms with Crippen LogP contribution in [0.25, 0.3) is 0 Å². The molecule has 0 aromatic rings. The summed E-state index contributed by atoms with van der Waals surface area (Å²) in [6.07, 6.45) is 8.77. The molecule has 2 atom stereocenters. The van der Waals surface area contributed by atoms with E-state index < -0.39 is 0 Å². The third-order valence-electron chi connectivity index (χ3n) is 2.75. The highest BCUT2D eigenvalue weighted by molar-refractivity contribution is 7.99. The van der Waals surface area contributed by atoms with Gasteiger partial charge in [-0.3, -0.25) is 0 Å². The largest absolute Gasteiger partial charge is 0.392 e. The van der Waals surface area contributed by atoms with Gasteiger partial charge in [0.2, 0.25) is 0 Å². The highest BCUT2D eigenvalue weighted by atomic mass is 32.2. The minimum atomic E-state index is -0.0135. The zero-order chi connectivity index (χ0) is 9.52. The van der Waals surface area contributed by atoms with Gasteiger partial charge in [0.05, 0.1) is 6.10 Å². The van der Waals surface area contributed by atoms with Crippen molar-refractivity contribution < 1.29 is 5.11 Å². The average molecular weight is 202 g/mol. The molecule has 0 bridgehead atoms. The topological polar surface area (TPSA) is 20.2 Å². The Hall–Kier alpha value is 0.310. The number of hydrogen-bond acceptors (Lipinski definition) is 2. The summed E-state index contributed by atoms with van der Waals surface area (Å²) in [5.41, 5.74) is 0. The second kappa shape index (κ2) is 6.72. The predicted octanol–water partition coefficient (Wildman–Crippen LogP) is 3.21. The fourth-order valence-electron chi connectivity index (χ4n) is 1.86. The summed E-state index contributed by atoms with van der Waals surface area (Å²) in [5.74, 6) is 1.25. The third kappa shape index (κ3) is 4.37. The van der Waals surface area contributed by atoms with Crippen LogP contribution in [0.3, 0.4) is 0 Å². The number of thioether (sulfide) groups is 1. The van der Waals surface area contributed by atoms with Crippen molar-refractivity contribution >= 4 is 11.8 Å². The van der Waals surface area contributed by atoms with Crippen LogP contribution in [0.4, 0.5) is 0 Å². The highest BCUT2D eigenvalue weighted by Gasteiger charge is 2.22. The predicted molar refractivity (Wildman–Crippen MR) is 60.2 cm³/mol. The SMILES string of the molecule is CCCCCSC1CCCCC1O. The molecule has 2 unspecified atom stereocenters. The summed E-state index contributed by atoms with van der Waals surface area (Å²) < 4.78 is 0. The average Bonchev–Trinajstić information content (AvgIpc) is 2.15. The number of aliphatic hydroxyl groups is 1. The Bertz CT molecular complexity index is 127. The Balaban J connectivity index is 2.05. The summed E-state index contributed by atoms with van der Waals surface area (Å²) in [7, 11) is 0. The number of rotatable bonds is 5. The van der Waals surface area contributed by atoms with Crippen molar-refractivity contribution in [2.45, 2.75) is 63.2 Å². The molecule has 0 saturated heterocycles. The zero-order valence-electron chi connectivity index (χ0n) is 8.67. The Morgan fingerprint density at radius 1 is 1.23 bits per heavy atom. The molecule has 13 heavy (non-hydrogen) atoms. The zero-order valence-corrected chi connectivity index (χ0v) is 9.48. The van der Waals surface area contributed by atoms with Gasteiger partial charge in [0, 0.05) is 5.25 Å². The maximum atomic E-state index is 9.70. The normalized spacial score (nSPS) is 29.1. The van der Waals surface area contributed by atoms with Crippen LogP contribution in [-0.4, -0.2) is 22.2 Å². The fraction of sp³-hybridized carbons (Fsp3) is 1.00. The summed E-state index contributed by atoms with van der Waals surface area (Å²) in [6.45, 7) is 2.24. The molecule has 0 amide bonds. The Morgan fingerprint density at radius 3 is 2.69 bits per heavy atom. The van der Waals surface area contributed by atoms with E-state index in [9.17, 15) is 5.11 Å². The van der Waals surface area contributed by atoms with E-state index in [4.69, 9.17) is 0 Å². The second-order valence-electron chi connectivity index (χ2n) is 3.97. The van der Waals surface area contributed by atoms with E-state index in [1.807, 2.05) is 11.8 Å². The van der Waals surface area contributed by atoms with Gasteiger partial charge in [-0.1, -0.05) is 32.6 Å². The van der Waals surface area contributed by atoms with Crippen LogP contribution in [0.1, 0.15) is 51.9 Å². The van der Waals surface area contributed by atoms with Gasteiger partial charge in [0.15, 0.2) is 0 Å². The smallest absolute Gasteiger partial charge is 0.0658 e. The first-order valence-corrected chi connectivity index (χ1v) is 6.69. The van der Waals surface area contributed by atoms with Crippen LogP contribution in [0, 0.1) is 0 Å². The summed E-state index contributed by atoms with van der Waals surface area (Å²) in [6, 6.07) is 0. The van der Waals surface area contributed by atoms with E-state index in [0.29, 0.717) is 5.25 Å². The van der Waals surface area contributed by atoms with E-state index >= 15 is 0 Å². The van der Waals surface area contributed by atoms with Crippen LogP contribution in [-0.2, 0) is 0 Å². The molecule has 1 aliphatic carbocycles. The highest BCUT2D eigenvalue weighted by Crippen LogP contribution is 2.29. The van der Waals surface area contributed by atoms with Crippen LogP contribution < -0.4 is 0 Å². The van der Waals surface area contributed by atoms with Crippen molar-refractivity contribution in [2.24, 2.45) is 0 Å². The van der Waals surface area contributed by atoms with Crippen LogP contribution in [0.15, 0.2) is 0 Å². The van der Waals surface area contributed by atoms with Gasteiger partial charge in [0.25, 0.3) is 0 Å². The summed E-state index contributed by atoms with van der Waals surface area (Å²) in [5, 5.41) is 10.3. The molecule has 0 spiro atoms. The lowest BCUT2D eigenvalue weighted by Crippen LogP contribution is -2.27. The molecular weight excluding hydrogens is 180 g/mol. The Labute approximate surface area is 86.3 Å². The van der Waals surface area contributed by atoms with Crippen LogP contribution in [0.2, 0.25) is 0 Å². The lowest BCUT2D eigenvalue weighted by Gasteiger charge is -2.26. The summed E-state index contributed by atoms with van der Waals surface area (Å²) >= 11 is 2.00. The van der Waals surface area contributed by atoms with Gasteiger partial charge in [-0.2, -0.15) is 11.8 Å². The molecule has 0 radical (unpaired) electrons. The van der Waals surface area contributed by atoms with E-state index in [0.717, 1.165) is 6.42 Å². The standard InChI is InChI=1S/C11H22OS/c1-2-3-6-9-13-11-8-5-4-7-10(11)12/h10-12H,2-9H2,1H3. The first kappa shape index (κ1) is 11.4. The van der Waals surface area contributed by atoms with Gasteiger partial charge >= 0.3 is 0 Å². The van der Waals surface area contributed by atoms with Crippen LogP contribution in [0.5, 0.6) is 0 Å². The van der Waals surface area contributed by atoms with Crippen molar-refractivity contribution in [1.82, 2.24) is 0 Å². The lowest BCUT2D eigenvalue weighted by molar-refractivity contribution is 0.137. The maximum absolute atomic E-state index is 9.70. The lowest BCUT2D eigenvalue weighted by atomic mass is 9.97. The van der Waals surface area contributed by atoms with Gasteiger partial charge in [-0.05, 0) is 25.0 Å². The van der Waals surface area contributed by atoms with Crippen molar-refractivity contribution in [1.29, 1.82) is 0 Å². The van der Waals surface area contributed by atoms with Crippen molar-refractivity contribution in [3.05, 3.63) is 0 Å². The molecule has 0 aromatic carbocycles. The molecule has 0 aliphatic heterocycles. The minimum Gasteiger partial charge on any atom is -0.392 e. The van der Waals surface area contributed by atoms with E-state index in [-0.39, 0.29) is 6.10 Å². The van der Waals surface area contributed by atoms with E-state index in [1.165, 1.54) is 44.3 Å². The number of hydrogen-bond donors (Lipinski definition) is 1. The second-order valence-corrected chi connectivity index (χ2v) is 5.32. The minimum absolute atomic E-state index is 0.0135. The van der Waals surface area contributed by atoms with Crippen molar-refractivity contribution in [3.63, 3.8) is 0 Å². The van der Waals surface area contributed by atoms with Crippen molar-refractivity contribution in [3.8, 4) is 0 Å². The molecule has 0 aromatic heterocycles. The molecule has 0 heterocycles. The molecule has 1 N–H and O–H groups in total. The third-order valence-corrected chi connectivity index (χ3v) is 4.25. The Kier molecular flexibility index (Phi) is 5.88. The monoisotopic (exact) mass is 202 g/mol. The Morgan fingerprint density at radius 2 is 2.00 bits per heavy atom. The molecule has 1 saturated carbocycles. The molecule has 2 heteroatoms. The van der Waals surface area contributed by atoms with Gasteiger partial charge < -0.3 is 5.11 Å². The fourth-order valence-corrected chi connectivity index (χ4v) is 3.22. The number of unbranched alkanes of at least 4 members (excludes halogenated alkanes) is 2. The summed E-state index contributed by atoms with van der Waals surface area (Å²) in [4.78, 5) is 0. The first-order chi connectivity index (χ1) is 6.34.